The molecule has 11 heavy (non-hydrogen) atoms. The van der Waals surface area contributed by atoms with Gasteiger partial charge in [0.1, 0.15) is 0 Å². The first kappa shape index (κ1) is 6.38. The van der Waals surface area contributed by atoms with Gasteiger partial charge in [-0.05, 0) is 0 Å². The Labute approximate surface area is 65.1 Å². The minimum Gasteiger partial charge on any atom is -0.287 e. The van der Waals surface area contributed by atoms with Gasteiger partial charge < -0.3 is 0 Å². The van der Waals surface area contributed by atoms with Crippen molar-refractivity contribution in [2.75, 3.05) is 5.73 Å². The largest absolute Gasteiger partial charge is 0.491 e. The minimum absolute atomic E-state index is 0.471. The van der Waals surface area contributed by atoms with Crippen LogP contribution in [0.2, 0.25) is 0 Å². The van der Waals surface area contributed by atoms with Crippen molar-refractivity contribution in [2.24, 2.45) is 0 Å². The third-order valence-corrected chi connectivity index (χ3v) is 1.88. The lowest BCUT2D eigenvalue weighted by Gasteiger charge is -1.89. The second kappa shape index (κ2) is 2.07. The molecule has 56 valence electrons. The molecule has 0 saturated heterocycles. The monoisotopic (exact) mass is 150 g/mol. The molecule has 0 spiro atoms. The standard InChI is InChI=1S/C8H10N2O/c1-6-10-5-3-2-4-7(10)8(9)11-6/h2H,3,5,9H2,1H3/q+2. The fourth-order valence-electron chi connectivity index (χ4n) is 1.33. The van der Waals surface area contributed by atoms with Gasteiger partial charge in [-0.15, -0.1) is 4.57 Å². The molecule has 1 aromatic heterocycles. The van der Waals surface area contributed by atoms with Crippen LogP contribution in [0, 0.1) is 13.0 Å². The summed E-state index contributed by atoms with van der Waals surface area (Å²) >= 11 is 0. The number of rotatable bonds is 0. The summed E-state index contributed by atoms with van der Waals surface area (Å²) < 4.78 is 7.26. The zero-order valence-corrected chi connectivity index (χ0v) is 6.42. The van der Waals surface area contributed by atoms with Gasteiger partial charge in [-0.1, -0.05) is 0 Å². The van der Waals surface area contributed by atoms with Crippen molar-refractivity contribution in [2.45, 2.75) is 19.9 Å². The highest BCUT2D eigenvalue weighted by Crippen LogP contribution is 2.13. The summed E-state index contributed by atoms with van der Waals surface area (Å²) in [7, 11) is 0. The van der Waals surface area contributed by atoms with E-state index in [1.165, 1.54) is 0 Å². The van der Waals surface area contributed by atoms with Crippen LogP contribution in [0.15, 0.2) is 10.5 Å². The Hall–Kier alpha value is -1.34. The van der Waals surface area contributed by atoms with E-state index in [9.17, 15) is 0 Å². The molecule has 0 amide bonds. The van der Waals surface area contributed by atoms with Gasteiger partial charge >= 0.3 is 17.5 Å². The van der Waals surface area contributed by atoms with E-state index < -0.39 is 0 Å². The zero-order chi connectivity index (χ0) is 7.84. The molecule has 0 bridgehead atoms. The first-order valence-corrected chi connectivity index (χ1v) is 3.66. The number of fused-ring (bicyclic) bond motifs is 1. The molecular formula is C8H10N2O+2. The van der Waals surface area contributed by atoms with Crippen LogP contribution in [0.25, 0.3) is 0 Å². The van der Waals surface area contributed by atoms with Gasteiger partial charge in [-0.25, -0.2) is 0 Å². The summed E-state index contributed by atoms with van der Waals surface area (Å²) in [6, 6.07) is 0. The Morgan fingerprint density at radius 1 is 1.73 bits per heavy atom. The summed E-state index contributed by atoms with van der Waals surface area (Å²) in [6.07, 6.45) is 6.07. The lowest BCUT2D eigenvalue weighted by molar-refractivity contribution is -0.710. The molecule has 0 saturated carbocycles. The van der Waals surface area contributed by atoms with E-state index >= 15 is 0 Å². The van der Waals surface area contributed by atoms with Crippen molar-refractivity contribution in [3.8, 4) is 0 Å². The van der Waals surface area contributed by atoms with E-state index in [0.29, 0.717) is 5.88 Å². The number of hydrogen-bond donors (Lipinski definition) is 1. The molecule has 1 aromatic rings. The second-order valence-corrected chi connectivity index (χ2v) is 2.62. The Kier molecular flexibility index (Phi) is 1.20. The quantitative estimate of drug-likeness (QED) is 0.434. The van der Waals surface area contributed by atoms with Gasteiger partial charge in [-0.2, -0.15) is 0 Å². The fourth-order valence-corrected chi connectivity index (χ4v) is 1.33. The van der Waals surface area contributed by atoms with E-state index in [0.717, 1.165) is 24.6 Å². The summed E-state index contributed by atoms with van der Waals surface area (Å²) in [5.41, 5.74) is 6.48. The van der Waals surface area contributed by atoms with E-state index in [2.05, 4.69) is 6.08 Å². The third kappa shape index (κ3) is 0.819. The molecule has 2 rings (SSSR count). The minimum atomic E-state index is 0.471. The van der Waals surface area contributed by atoms with Crippen LogP contribution in [-0.4, -0.2) is 0 Å². The van der Waals surface area contributed by atoms with Gasteiger partial charge in [0.2, 0.25) is 0 Å². The second-order valence-electron chi connectivity index (χ2n) is 2.62. The Morgan fingerprint density at radius 3 is 3.27 bits per heavy atom. The summed E-state index contributed by atoms with van der Waals surface area (Å²) in [6.45, 7) is 2.86. The smallest absolute Gasteiger partial charge is 0.287 e. The topological polar surface area (TPSA) is 43.0 Å². The summed E-state index contributed by atoms with van der Waals surface area (Å²) in [4.78, 5) is 0. The molecule has 3 heteroatoms. The first-order valence-electron chi connectivity index (χ1n) is 3.66. The Morgan fingerprint density at radius 2 is 2.55 bits per heavy atom. The molecule has 1 aliphatic heterocycles. The Bertz CT molecular complexity index is 312. The van der Waals surface area contributed by atoms with Gasteiger partial charge in [0.25, 0.3) is 0 Å². The van der Waals surface area contributed by atoms with Crippen molar-refractivity contribution in [3.63, 3.8) is 0 Å². The number of nitrogens with zero attached hydrogens (tertiary/aromatic N) is 1. The van der Waals surface area contributed by atoms with Crippen LogP contribution in [-0.2, 0) is 6.54 Å². The van der Waals surface area contributed by atoms with Crippen molar-refractivity contribution >= 4 is 5.88 Å². The Balaban J connectivity index is 2.63. The molecular weight excluding hydrogens is 140 g/mol. The molecule has 0 atom stereocenters. The van der Waals surface area contributed by atoms with Crippen molar-refractivity contribution in [3.05, 3.63) is 23.7 Å². The van der Waals surface area contributed by atoms with Crippen molar-refractivity contribution in [1.82, 2.24) is 0 Å². The average molecular weight is 150 g/mol. The lowest BCUT2D eigenvalue weighted by Crippen LogP contribution is -2.39. The average Bonchev–Trinajstić information content (AvgIpc) is 2.30. The molecule has 0 aromatic carbocycles. The molecule has 0 radical (unpaired) electrons. The molecule has 0 unspecified atom stereocenters. The molecule has 0 fully saturated rings. The van der Waals surface area contributed by atoms with Crippen LogP contribution in [0.3, 0.4) is 0 Å². The van der Waals surface area contributed by atoms with Gasteiger partial charge in [0, 0.05) is 0 Å². The van der Waals surface area contributed by atoms with E-state index in [-0.39, 0.29) is 0 Å². The van der Waals surface area contributed by atoms with Gasteiger partial charge in [-0.3, -0.25) is 10.2 Å². The predicted octanol–water partition coefficient (Wildman–Crippen LogP) is 0.569. The maximum absolute atomic E-state index is 5.59. The van der Waals surface area contributed by atoms with Crippen LogP contribution >= 0.6 is 0 Å². The highest BCUT2D eigenvalue weighted by atomic mass is 16.4. The van der Waals surface area contributed by atoms with Gasteiger partial charge in [0.05, 0.1) is 19.4 Å². The summed E-state index contributed by atoms with van der Waals surface area (Å²) in [5, 5.41) is 0. The SMILES string of the molecule is Cc1oc(N)c2[n+]1CCC=[C+]2. The highest BCUT2D eigenvalue weighted by molar-refractivity contribution is 5.32. The number of aromatic nitrogens is 1. The van der Waals surface area contributed by atoms with Crippen LogP contribution in [0.1, 0.15) is 18.0 Å². The predicted molar refractivity (Wildman–Crippen MR) is 39.6 cm³/mol. The molecule has 0 aliphatic carbocycles. The summed E-state index contributed by atoms with van der Waals surface area (Å²) in [5.74, 6) is 1.33. The van der Waals surface area contributed by atoms with Crippen molar-refractivity contribution < 1.29 is 8.98 Å². The number of aryl methyl sites for hydroxylation is 1. The van der Waals surface area contributed by atoms with Crippen molar-refractivity contribution in [1.29, 1.82) is 0 Å². The number of oxazole rings is 1. The van der Waals surface area contributed by atoms with Crippen LogP contribution in [0.4, 0.5) is 5.88 Å². The maximum Gasteiger partial charge on any atom is 0.491 e. The number of anilines is 1. The number of nitrogens with two attached hydrogens (primary N) is 1. The number of hydrogen-bond acceptors (Lipinski definition) is 2. The molecule has 2 heterocycles. The lowest BCUT2D eigenvalue weighted by atomic mass is 10.2. The first-order chi connectivity index (χ1) is 5.29. The van der Waals surface area contributed by atoms with E-state index in [4.69, 9.17) is 10.2 Å². The number of allylic oxidation sites excluding steroid dienone is 1. The normalized spacial score (nSPS) is 14.3. The van der Waals surface area contributed by atoms with Gasteiger partial charge in [0.15, 0.2) is 12.6 Å². The highest BCUT2D eigenvalue weighted by Gasteiger charge is 2.34. The third-order valence-electron chi connectivity index (χ3n) is 1.88. The zero-order valence-electron chi connectivity index (χ0n) is 6.42. The molecule has 3 nitrogen and oxygen atoms in total. The maximum atomic E-state index is 5.59. The fraction of sp³-hybridized carbons (Fsp3) is 0.375. The molecule has 1 aliphatic rings. The van der Waals surface area contributed by atoms with E-state index in [1.54, 1.807) is 0 Å². The van der Waals surface area contributed by atoms with Crippen LogP contribution in [0.5, 0.6) is 0 Å². The molecule has 2 N–H and O–H groups in total. The van der Waals surface area contributed by atoms with E-state index in [1.807, 2.05) is 17.6 Å². The number of nitrogen functional groups attached to an aromatic ring is 1. The van der Waals surface area contributed by atoms with Crippen LogP contribution < -0.4 is 10.3 Å².